The van der Waals surface area contributed by atoms with Crippen LogP contribution in [0.25, 0.3) is 6.08 Å². The number of nitrogens with zero attached hydrogens (tertiary/aromatic N) is 2. The predicted octanol–water partition coefficient (Wildman–Crippen LogP) is 1.34. The van der Waals surface area contributed by atoms with E-state index >= 15 is 0 Å². The molecule has 1 aromatic rings. The third kappa shape index (κ3) is 9.21. The number of rotatable bonds is 9. The zero-order valence-electron chi connectivity index (χ0n) is 17.9. The molecule has 0 atom stereocenters. The highest BCUT2D eigenvalue weighted by molar-refractivity contribution is 7.89. The highest BCUT2D eigenvalue weighted by Crippen LogP contribution is 2.12. The fourth-order valence-corrected chi connectivity index (χ4v) is 3.00. The van der Waals surface area contributed by atoms with E-state index < -0.39 is 21.6 Å². The summed E-state index contributed by atoms with van der Waals surface area (Å²) >= 11 is 0. The largest absolute Gasteiger partial charge is 0.459 e. The number of sulfonamides is 1. The molecule has 0 bridgehead atoms. The Morgan fingerprint density at radius 3 is 2.17 bits per heavy atom. The number of benzene rings is 1. The summed E-state index contributed by atoms with van der Waals surface area (Å²) in [4.78, 5) is 28.2. The lowest BCUT2D eigenvalue weighted by Crippen LogP contribution is -2.41. The first-order valence-electron chi connectivity index (χ1n) is 9.21. The summed E-state index contributed by atoms with van der Waals surface area (Å²) in [5.41, 5.74) is 0.0387. The molecule has 0 saturated heterocycles. The van der Waals surface area contributed by atoms with Gasteiger partial charge in [-0.2, -0.15) is 0 Å². The number of esters is 1. The number of likely N-dealkylation sites (N-methyl/N-ethyl adjacent to an activating group) is 1. The monoisotopic (exact) mass is 425 g/mol. The highest BCUT2D eigenvalue weighted by Gasteiger charge is 2.21. The van der Waals surface area contributed by atoms with Crippen LogP contribution in [0.5, 0.6) is 0 Å². The van der Waals surface area contributed by atoms with Gasteiger partial charge in [0.2, 0.25) is 15.9 Å². The summed E-state index contributed by atoms with van der Waals surface area (Å²) in [7, 11) is 1.60. The van der Waals surface area contributed by atoms with Gasteiger partial charge in [-0.05, 0) is 65.7 Å². The smallest absolute Gasteiger partial charge is 0.326 e. The van der Waals surface area contributed by atoms with Gasteiger partial charge in [-0.15, -0.1) is 0 Å². The Balaban J connectivity index is 2.88. The van der Waals surface area contributed by atoms with Crippen LogP contribution in [0.15, 0.2) is 35.2 Å². The molecule has 0 aliphatic rings. The van der Waals surface area contributed by atoms with E-state index in [9.17, 15) is 18.0 Å². The van der Waals surface area contributed by atoms with Gasteiger partial charge in [0.25, 0.3) is 0 Å². The van der Waals surface area contributed by atoms with Crippen molar-refractivity contribution in [1.29, 1.82) is 0 Å². The van der Waals surface area contributed by atoms with Crippen LogP contribution in [0.1, 0.15) is 26.3 Å². The number of hydrogen-bond donors (Lipinski definition) is 1. The molecule has 1 amide bonds. The molecule has 1 N–H and O–H groups in total. The molecule has 0 radical (unpaired) electrons. The van der Waals surface area contributed by atoms with Crippen molar-refractivity contribution in [2.24, 2.45) is 0 Å². The van der Waals surface area contributed by atoms with Crippen molar-refractivity contribution in [3.8, 4) is 0 Å². The van der Waals surface area contributed by atoms with Crippen LogP contribution in [0, 0.1) is 0 Å². The summed E-state index contributed by atoms with van der Waals surface area (Å²) in [5.74, 6) is -0.802. The third-order valence-electron chi connectivity index (χ3n) is 3.75. The van der Waals surface area contributed by atoms with Crippen LogP contribution in [-0.4, -0.2) is 76.5 Å². The molecule has 0 unspecified atom stereocenters. The second-order valence-electron chi connectivity index (χ2n) is 7.76. The van der Waals surface area contributed by atoms with Crippen LogP contribution in [-0.2, 0) is 24.3 Å². The standard InChI is InChI=1S/C20H31N3O5S/c1-20(2,3)28-19(25)15-23(14-13-22(5)6)18(24)12-9-16-7-10-17(11-8-16)29(26,27)21-4/h7-12,21H,13-15H2,1-6H3/b12-9+. The Bertz CT molecular complexity index is 825. The van der Waals surface area contributed by atoms with Gasteiger partial charge in [-0.25, -0.2) is 13.1 Å². The number of carbonyl (C=O) groups excluding carboxylic acids is 2. The molecule has 9 heteroatoms. The van der Waals surface area contributed by atoms with E-state index in [-0.39, 0.29) is 17.3 Å². The van der Waals surface area contributed by atoms with Crippen molar-refractivity contribution in [3.05, 3.63) is 35.9 Å². The van der Waals surface area contributed by atoms with Gasteiger partial charge in [-0.3, -0.25) is 9.59 Å². The SMILES string of the molecule is CNS(=O)(=O)c1ccc(/C=C/C(=O)N(CCN(C)C)CC(=O)OC(C)(C)C)cc1. The van der Waals surface area contributed by atoms with Gasteiger partial charge >= 0.3 is 5.97 Å². The quantitative estimate of drug-likeness (QED) is 0.474. The van der Waals surface area contributed by atoms with Crippen molar-refractivity contribution in [2.45, 2.75) is 31.3 Å². The van der Waals surface area contributed by atoms with Crippen molar-refractivity contribution in [2.75, 3.05) is 40.8 Å². The van der Waals surface area contributed by atoms with E-state index in [4.69, 9.17) is 4.74 Å². The summed E-state index contributed by atoms with van der Waals surface area (Å²) in [6.07, 6.45) is 2.94. The lowest BCUT2D eigenvalue weighted by atomic mass is 10.2. The minimum Gasteiger partial charge on any atom is -0.459 e. The van der Waals surface area contributed by atoms with Gasteiger partial charge in [0.15, 0.2) is 0 Å². The molecule has 0 aromatic heterocycles. The number of carbonyl (C=O) groups is 2. The summed E-state index contributed by atoms with van der Waals surface area (Å²) in [6.45, 7) is 6.14. The molecular formula is C20H31N3O5S. The zero-order valence-corrected chi connectivity index (χ0v) is 18.7. The van der Waals surface area contributed by atoms with Gasteiger partial charge in [0.05, 0.1) is 4.90 Å². The van der Waals surface area contributed by atoms with Crippen LogP contribution >= 0.6 is 0 Å². The maximum absolute atomic E-state index is 12.6. The fraction of sp³-hybridized carbons (Fsp3) is 0.500. The molecule has 162 valence electrons. The molecule has 1 rings (SSSR count). The minimum absolute atomic E-state index is 0.140. The Morgan fingerprint density at radius 1 is 1.10 bits per heavy atom. The first-order valence-corrected chi connectivity index (χ1v) is 10.7. The van der Waals surface area contributed by atoms with Crippen molar-refractivity contribution >= 4 is 28.0 Å². The molecule has 0 heterocycles. The highest BCUT2D eigenvalue weighted by atomic mass is 32.2. The molecule has 0 spiro atoms. The summed E-state index contributed by atoms with van der Waals surface area (Å²) in [5, 5.41) is 0. The van der Waals surface area contributed by atoms with Crippen LogP contribution < -0.4 is 4.72 Å². The van der Waals surface area contributed by atoms with E-state index in [0.29, 0.717) is 18.7 Å². The van der Waals surface area contributed by atoms with E-state index in [1.54, 1.807) is 39.0 Å². The molecule has 0 saturated carbocycles. The number of hydrogen-bond acceptors (Lipinski definition) is 6. The van der Waals surface area contributed by atoms with E-state index in [1.165, 1.54) is 30.2 Å². The Kier molecular flexibility index (Phi) is 9.00. The van der Waals surface area contributed by atoms with E-state index in [1.807, 2.05) is 19.0 Å². The average Bonchev–Trinajstić information content (AvgIpc) is 2.61. The second kappa shape index (κ2) is 10.5. The van der Waals surface area contributed by atoms with Crippen molar-refractivity contribution in [1.82, 2.24) is 14.5 Å². The molecule has 0 aliphatic heterocycles. The topological polar surface area (TPSA) is 96.0 Å². The van der Waals surface area contributed by atoms with Gasteiger partial charge < -0.3 is 14.5 Å². The van der Waals surface area contributed by atoms with Crippen LogP contribution in [0.4, 0.5) is 0 Å². The van der Waals surface area contributed by atoms with E-state index in [0.717, 1.165) is 0 Å². The van der Waals surface area contributed by atoms with Crippen LogP contribution in [0.3, 0.4) is 0 Å². The van der Waals surface area contributed by atoms with Crippen molar-refractivity contribution < 1.29 is 22.7 Å². The molecule has 0 fully saturated rings. The fourth-order valence-electron chi connectivity index (χ4n) is 2.27. The molecule has 0 aliphatic carbocycles. The molecule has 1 aromatic carbocycles. The van der Waals surface area contributed by atoms with E-state index in [2.05, 4.69) is 4.72 Å². The van der Waals surface area contributed by atoms with Gasteiger partial charge in [-0.1, -0.05) is 12.1 Å². The lowest BCUT2D eigenvalue weighted by Gasteiger charge is -2.25. The Labute approximate surface area is 173 Å². The maximum Gasteiger partial charge on any atom is 0.326 e. The molecule has 29 heavy (non-hydrogen) atoms. The number of ether oxygens (including phenoxy) is 1. The zero-order chi connectivity index (χ0) is 22.2. The van der Waals surface area contributed by atoms with Crippen molar-refractivity contribution in [3.63, 3.8) is 0 Å². The first kappa shape index (κ1) is 24.8. The normalized spacial score (nSPS) is 12.4. The summed E-state index contributed by atoms with van der Waals surface area (Å²) < 4.78 is 31.1. The minimum atomic E-state index is -3.51. The molecule has 8 nitrogen and oxygen atoms in total. The Morgan fingerprint density at radius 2 is 1.69 bits per heavy atom. The number of amides is 1. The van der Waals surface area contributed by atoms with Crippen LogP contribution in [0.2, 0.25) is 0 Å². The van der Waals surface area contributed by atoms with Gasteiger partial charge in [0, 0.05) is 19.2 Å². The maximum atomic E-state index is 12.6. The predicted molar refractivity (Wildman–Crippen MR) is 113 cm³/mol. The number of nitrogens with one attached hydrogen (secondary N) is 1. The first-order chi connectivity index (χ1) is 13.3. The summed E-state index contributed by atoms with van der Waals surface area (Å²) in [6, 6.07) is 6.12. The average molecular weight is 426 g/mol. The van der Waals surface area contributed by atoms with Gasteiger partial charge in [0.1, 0.15) is 12.1 Å². The third-order valence-corrected chi connectivity index (χ3v) is 5.18. The molecular weight excluding hydrogens is 394 g/mol. The Hall–Kier alpha value is -2.23. The second-order valence-corrected chi connectivity index (χ2v) is 9.65. The lowest BCUT2D eigenvalue weighted by molar-refractivity contribution is -0.158.